The smallest absolute Gasteiger partial charge is 0.230 e. The molecule has 34 heavy (non-hydrogen) atoms. The minimum absolute atomic E-state index is 0.00917. The summed E-state index contributed by atoms with van der Waals surface area (Å²) in [6.45, 7) is 1.48. The molecule has 1 saturated carbocycles. The zero-order valence-electron chi connectivity index (χ0n) is 19.2. The standard InChI is InChI=1S/C24H29N7O3/c1-25-17-13-30(22(33)8-9-34-15-17)19-6-7-21(26-12-19)28-24-27-11-16-10-20(14-32)31(23(16)29-24)18-4-2-3-5-18/h6-7,10-12,14,17-18,25H,2-5,8-9,13,15H2,1H3,(H,26,27,28,29). The molecule has 2 aliphatic rings. The van der Waals surface area contributed by atoms with Gasteiger partial charge in [-0.25, -0.2) is 9.97 Å². The maximum Gasteiger partial charge on any atom is 0.230 e. The van der Waals surface area contributed by atoms with E-state index < -0.39 is 0 Å². The van der Waals surface area contributed by atoms with Gasteiger partial charge in [-0.05, 0) is 38.1 Å². The lowest BCUT2D eigenvalue weighted by Crippen LogP contribution is -2.47. The monoisotopic (exact) mass is 463 g/mol. The first-order chi connectivity index (χ1) is 16.7. The molecule has 0 aromatic carbocycles. The molecule has 178 valence electrons. The lowest BCUT2D eigenvalue weighted by atomic mass is 10.2. The largest absolute Gasteiger partial charge is 0.379 e. The Morgan fingerprint density at radius 3 is 2.76 bits per heavy atom. The Morgan fingerprint density at radius 2 is 2.03 bits per heavy atom. The lowest BCUT2D eigenvalue weighted by molar-refractivity contribution is -0.120. The molecule has 3 aromatic rings. The molecule has 0 spiro atoms. The highest BCUT2D eigenvalue weighted by Gasteiger charge is 2.24. The van der Waals surface area contributed by atoms with Crippen molar-refractivity contribution < 1.29 is 14.3 Å². The van der Waals surface area contributed by atoms with Crippen LogP contribution < -0.4 is 15.5 Å². The van der Waals surface area contributed by atoms with Crippen molar-refractivity contribution in [3.8, 4) is 0 Å². The quantitative estimate of drug-likeness (QED) is 0.537. The molecule has 1 atom stereocenters. The Balaban J connectivity index is 1.37. The van der Waals surface area contributed by atoms with E-state index in [2.05, 4.69) is 20.6 Å². The number of hydrogen-bond donors (Lipinski definition) is 2. The van der Waals surface area contributed by atoms with Crippen LogP contribution in [0.1, 0.15) is 48.6 Å². The maximum atomic E-state index is 12.6. The Morgan fingerprint density at radius 1 is 1.18 bits per heavy atom. The average molecular weight is 464 g/mol. The number of ether oxygens (including phenoxy) is 1. The average Bonchev–Trinajstić information content (AvgIpc) is 3.50. The van der Waals surface area contributed by atoms with Gasteiger partial charge in [0.25, 0.3) is 0 Å². The summed E-state index contributed by atoms with van der Waals surface area (Å²) in [5, 5.41) is 7.19. The summed E-state index contributed by atoms with van der Waals surface area (Å²) in [5.74, 6) is 0.998. The lowest BCUT2D eigenvalue weighted by Gasteiger charge is -2.29. The fourth-order valence-corrected chi connectivity index (χ4v) is 4.78. The second-order valence-corrected chi connectivity index (χ2v) is 8.81. The van der Waals surface area contributed by atoms with E-state index in [0.29, 0.717) is 49.7 Å². The number of nitrogens with one attached hydrogen (secondary N) is 2. The van der Waals surface area contributed by atoms with Gasteiger partial charge in [0.1, 0.15) is 11.5 Å². The van der Waals surface area contributed by atoms with E-state index in [9.17, 15) is 9.59 Å². The molecule has 5 rings (SSSR count). The van der Waals surface area contributed by atoms with E-state index in [1.807, 2.05) is 29.8 Å². The number of rotatable bonds is 6. The van der Waals surface area contributed by atoms with Gasteiger partial charge in [-0.1, -0.05) is 12.8 Å². The molecule has 10 heteroatoms. The molecule has 2 fully saturated rings. The van der Waals surface area contributed by atoms with Crippen LogP contribution in [0.15, 0.2) is 30.6 Å². The maximum absolute atomic E-state index is 12.6. The van der Waals surface area contributed by atoms with E-state index in [-0.39, 0.29) is 11.9 Å². The molecular formula is C24H29N7O3. The molecule has 4 heterocycles. The van der Waals surface area contributed by atoms with Crippen LogP contribution in [-0.2, 0) is 9.53 Å². The highest BCUT2D eigenvalue weighted by Crippen LogP contribution is 2.34. The van der Waals surface area contributed by atoms with E-state index in [4.69, 9.17) is 9.72 Å². The van der Waals surface area contributed by atoms with Crippen molar-refractivity contribution in [3.63, 3.8) is 0 Å². The summed E-state index contributed by atoms with van der Waals surface area (Å²) in [5.41, 5.74) is 2.13. The Labute approximate surface area is 197 Å². The predicted molar refractivity (Wildman–Crippen MR) is 129 cm³/mol. The zero-order valence-corrected chi connectivity index (χ0v) is 19.2. The normalized spacial score (nSPS) is 19.9. The van der Waals surface area contributed by atoms with Crippen LogP contribution in [0.5, 0.6) is 0 Å². The first-order valence-electron chi connectivity index (χ1n) is 11.8. The third-order valence-corrected chi connectivity index (χ3v) is 6.61. The SMILES string of the molecule is CNC1COCCC(=O)N(c2ccc(Nc3ncc4cc(C=O)n(C5CCCC5)c4n3)nc2)C1. The van der Waals surface area contributed by atoms with Gasteiger partial charge < -0.3 is 24.8 Å². The van der Waals surface area contributed by atoms with Crippen LogP contribution in [0.2, 0.25) is 0 Å². The van der Waals surface area contributed by atoms with Crippen LogP contribution >= 0.6 is 0 Å². The summed E-state index contributed by atoms with van der Waals surface area (Å²) in [6, 6.07) is 5.87. The number of aldehydes is 1. The number of likely N-dealkylation sites (N-methyl/N-ethyl adjacent to an activating group) is 1. The molecular weight excluding hydrogens is 434 g/mol. The second kappa shape index (κ2) is 9.86. The van der Waals surface area contributed by atoms with Crippen molar-refractivity contribution in [1.29, 1.82) is 0 Å². The molecule has 1 unspecified atom stereocenters. The van der Waals surface area contributed by atoms with E-state index in [0.717, 1.165) is 48.7 Å². The van der Waals surface area contributed by atoms with E-state index >= 15 is 0 Å². The number of nitrogens with zero attached hydrogens (tertiary/aromatic N) is 5. The molecule has 10 nitrogen and oxygen atoms in total. The van der Waals surface area contributed by atoms with E-state index in [1.54, 1.807) is 17.3 Å². The number of carbonyl (C=O) groups is 2. The van der Waals surface area contributed by atoms with Gasteiger partial charge in [-0.2, -0.15) is 4.98 Å². The highest BCUT2D eigenvalue weighted by atomic mass is 16.5. The number of pyridine rings is 1. The summed E-state index contributed by atoms with van der Waals surface area (Å²) in [6.07, 6.45) is 9.08. The van der Waals surface area contributed by atoms with Crippen molar-refractivity contribution >= 4 is 40.7 Å². The molecule has 3 aromatic heterocycles. The van der Waals surface area contributed by atoms with Gasteiger partial charge >= 0.3 is 0 Å². The van der Waals surface area contributed by atoms with Crippen molar-refractivity contribution in [3.05, 3.63) is 36.3 Å². The van der Waals surface area contributed by atoms with Gasteiger partial charge in [-0.3, -0.25) is 9.59 Å². The predicted octanol–water partition coefficient (Wildman–Crippen LogP) is 2.84. The Bertz CT molecular complexity index is 1170. The zero-order chi connectivity index (χ0) is 23.5. The van der Waals surface area contributed by atoms with Gasteiger partial charge in [-0.15, -0.1) is 0 Å². The van der Waals surface area contributed by atoms with Crippen LogP contribution in [0.25, 0.3) is 11.0 Å². The molecule has 1 amide bonds. The van der Waals surface area contributed by atoms with Crippen molar-refractivity contribution in [2.24, 2.45) is 0 Å². The van der Waals surface area contributed by atoms with Crippen molar-refractivity contribution in [2.45, 2.75) is 44.2 Å². The molecule has 1 aliphatic carbocycles. The molecule has 0 radical (unpaired) electrons. The topological polar surface area (TPSA) is 114 Å². The summed E-state index contributed by atoms with van der Waals surface area (Å²) in [7, 11) is 1.86. The van der Waals surface area contributed by atoms with Crippen molar-refractivity contribution in [1.82, 2.24) is 24.8 Å². The molecule has 0 bridgehead atoms. The molecule has 1 aliphatic heterocycles. The van der Waals surface area contributed by atoms with Gasteiger partial charge in [0.15, 0.2) is 6.29 Å². The van der Waals surface area contributed by atoms with E-state index in [1.165, 1.54) is 0 Å². The minimum atomic E-state index is 0.00917. The number of fused-ring (bicyclic) bond motifs is 1. The number of amides is 1. The minimum Gasteiger partial charge on any atom is -0.379 e. The first kappa shape index (κ1) is 22.4. The Kier molecular flexibility index (Phi) is 6.50. The fourth-order valence-electron chi connectivity index (χ4n) is 4.78. The number of hydrogen-bond acceptors (Lipinski definition) is 8. The molecule has 1 saturated heterocycles. The number of anilines is 3. The van der Waals surface area contributed by atoms with Crippen LogP contribution in [0.4, 0.5) is 17.5 Å². The fraction of sp³-hybridized carbons (Fsp3) is 0.458. The first-order valence-corrected chi connectivity index (χ1v) is 11.8. The molecule has 2 N–H and O–H groups in total. The third kappa shape index (κ3) is 4.51. The van der Waals surface area contributed by atoms with Gasteiger partial charge in [0.2, 0.25) is 11.9 Å². The Hall–Kier alpha value is -3.37. The second-order valence-electron chi connectivity index (χ2n) is 8.81. The van der Waals surface area contributed by atoms with Crippen molar-refractivity contribution in [2.75, 3.05) is 37.0 Å². The highest BCUT2D eigenvalue weighted by molar-refractivity contribution is 5.93. The van der Waals surface area contributed by atoms with Crippen LogP contribution in [0.3, 0.4) is 0 Å². The summed E-state index contributed by atoms with van der Waals surface area (Å²) >= 11 is 0. The van der Waals surface area contributed by atoms with Gasteiger partial charge in [0, 0.05) is 30.2 Å². The third-order valence-electron chi connectivity index (χ3n) is 6.61. The van der Waals surface area contributed by atoms with Crippen LogP contribution in [0, 0.1) is 0 Å². The van der Waals surface area contributed by atoms with Crippen LogP contribution in [-0.4, -0.2) is 64.6 Å². The summed E-state index contributed by atoms with van der Waals surface area (Å²) < 4.78 is 7.58. The summed E-state index contributed by atoms with van der Waals surface area (Å²) in [4.78, 5) is 39.6. The number of aromatic nitrogens is 4. The van der Waals surface area contributed by atoms with Gasteiger partial charge in [0.05, 0.1) is 37.2 Å². The number of carbonyl (C=O) groups excluding carboxylic acids is 2.